The Kier molecular flexibility index (Phi) is 7.43. The summed E-state index contributed by atoms with van der Waals surface area (Å²) < 4.78 is 2.91. The van der Waals surface area contributed by atoms with Crippen molar-refractivity contribution in [3.8, 4) is 0 Å². The minimum Gasteiger partial charge on any atom is -0.342 e. The first kappa shape index (κ1) is 25.6. The molecule has 3 N–H and O–H groups in total. The van der Waals surface area contributed by atoms with E-state index in [1.807, 2.05) is 54.9 Å². The molecule has 4 aromatic rings. The first-order valence-corrected chi connectivity index (χ1v) is 13.5. The van der Waals surface area contributed by atoms with Crippen molar-refractivity contribution in [1.82, 2.24) is 30.1 Å². The van der Waals surface area contributed by atoms with Crippen molar-refractivity contribution in [2.45, 2.75) is 18.9 Å². The van der Waals surface area contributed by atoms with Crippen LogP contribution in [0, 0.1) is 5.92 Å². The van der Waals surface area contributed by atoms with Crippen LogP contribution in [-0.2, 0) is 11.8 Å². The summed E-state index contributed by atoms with van der Waals surface area (Å²) in [4.78, 5) is 37.5. The van der Waals surface area contributed by atoms with Gasteiger partial charge < -0.3 is 25.4 Å². The fourth-order valence-electron chi connectivity index (χ4n) is 4.77. The second-order valence-corrected chi connectivity index (χ2v) is 11.2. The van der Waals surface area contributed by atoms with E-state index >= 15 is 0 Å². The largest absolute Gasteiger partial charge is 0.342 e. The van der Waals surface area contributed by atoms with Crippen molar-refractivity contribution in [3.05, 3.63) is 47.0 Å². The van der Waals surface area contributed by atoms with Crippen molar-refractivity contribution in [2.24, 2.45) is 13.0 Å². The highest BCUT2D eigenvalue weighted by Crippen LogP contribution is 2.31. The van der Waals surface area contributed by atoms with Crippen LogP contribution in [0.15, 0.2) is 36.4 Å². The van der Waals surface area contributed by atoms with Crippen LogP contribution >= 0.6 is 22.9 Å². The minimum absolute atomic E-state index is 0.0350. The molecule has 0 saturated carbocycles. The normalized spacial score (nSPS) is 15.4. The van der Waals surface area contributed by atoms with E-state index in [9.17, 15) is 9.59 Å². The topological polar surface area (TPSA) is 104 Å². The number of carbonyl (C=O) groups is 2. The van der Waals surface area contributed by atoms with Gasteiger partial charge in [0.2, 0.25) is 5.95 Å². The molecule has 0 spiro atoms. The summed E-state index contributed by atoms with van der Waals surface area (Å²) in [5.41, 5.74) is 2.90. The first-order valence-electron chi connectivity index (χ1n) is 12.3. The van der Waals surface area contributed by atoms with Crippen molar-refractivity contribution < 1.29 is 9.59 Å². The molecule has 1 aliphatic rings. The van der Waals surface area contributed by atoms with Gasteiger partial charge >= 0.3 is 0 Å². The predicted molar refractivity (Wildman–Crippen MR) is 149 cm³/mol. The summed E-state index contributed by atoms with van der Waals surface area (Å²) in [5, 5.41) is 11.0. The lowest BCUT2D eigenvalue weighted by Crippen LogP contribution is -2.51. The van der Waals surface area contributed by atoms with Gasteiger partial charge in [-0.1, -0.05) is 22.9 Å². The number of amides is 1. The molecule has 0 bridgehead atoms. The molecular weight excluding hydrogens is 510 g/mol. The van der Waals surface area contributed by atoms with Crippen LogP contribution in [-0.4, -0.2) is 70.9 Å². The molecule has 194 valence electrons. The van der Waals surface area contributed by atoms with E-state index in [4.69, 9.17) is 16.6 Å². The zero-order chi connectivity index (χ0) is 26.1. The zero-order valence-electron chi connectivity index (χ0n) is 21.0. The molecule has 0 aliphatic carbocycles. The number of aromatic nitrogens is 3. The fourth-order valence-corrected chi connectivity index (χ4v) is 5.91. The highest BCUT2D eigenvalue weighted by molar-refractivity contribution is 7.22. The number of piperidine rings is 1. The molecule has 1 fully saturated rings. The van der Waals surface area contributed by atoms with Crippen LogP contribution in [0.2, 0.25) is 5.02 Å². The van der Waals surface area contributed by atoms with Crippen LogP contribution in [0.5, 0.6) is 0 Å². The van der Waals surface area contributed by atoms with Gasteiger partial charge in [-0.2, -0.15) is 0 Å². The third-order valence-electron chi connectivity index (χ3n) is 6.67. The summed E-state index contributed by atoms with van der Waals surface area (Å²) >= 11 is 7.60. The molecule has 1 aliphatic heterocycles. The van der Waals surface area contributed by atoms with Gasteiger partial charge in [-0.15, -0.1) is 0 Å². The number of benzene rings is 2. The summed E-state index contributed by atoms with van der Waals surface area (Å²) in [6.07, 6.45) is 1.72. The second-order valence-electron chi connectivity index (χ2n) is 9.70. The minimum atomic E-state index is -0.513. The number of thiazole rings is 1. The van der Waals surface area contributed by atoms with E-state index in [0.717, 1.165) is 41.7 Å². The summed E-state index contributed by atoms with van der Waals surface area (Å²) in [6.45, 7) is 1.99. The monoisotopic (exact) mass is 539 g/mol. The molecule has 9 nitrogen and oxygen atoms in total. The van der Waals surface area contributed by atoms with Crippen molar-refractivity contribution >= 4 is 67.0 Å². The number of imidazole rings is 1. The molecule has 2 aromatic heterocycles. The molecule has 1 atom stereocenters. The molecule has 5 rings (SSSR count). The number of anilines is 2. The molecule has 1 saturated heterocycles. The summed E-state index contributed by atoms with van der Waals surface area (Å²) in [6, 6.07) is 10.5. The smallest absolute Gasteiger partial charge is 0.251 e. The number of halogens is 1. The van der Waals surface area contributed by atoms with E-state index in [-0.39, 0.29) is 17.6 Å². The lowest BCUT2D eigenvalue weighted by molar-refractivity contribution is -0.123. The number of likely N-dealkylation sites (N-methyl/N-ethyl adjacent to an activating group) is 1. The standard InChI is InChI=1S/C26H30ClN7O2S/c1-33(2)14-21(35)23(15-8-10-28-11-9-15)31-24(36)16-4-7-20-19(12-16)29-25(34(20)3)32-26-30-18-6-5-17(27)13-22(18)37-26/h4-7,12-13,15,23,28H,8-11,14H2,1-3H3,(H,31,36)(H,29,30,32). The van der Waals surface area contributed by atoms with Gasteiger partial charge in [0.05, 0.1) is 33.8 Å². The first-order chi connectivity index (χ1) is 17.8. The van der Waals surface area contributed by atoms with Crippen LogP contribution in [0.4, 0.5) is 11.1 Å². The van der Waals surface area contributed by atoms with Crippen molar-refractivity contribution in [1.29, 1.82) is 0 Å². The van der Waals surface area contributed by atoms with Gasteiger partial charge in [-0.3, -0.25) is 9.59 Å². The third-order valence-corrected chi connectivity index (χ3v) is 7.84. The molecule has 1 amide bonds. The van der Waals surface area contributed by atoms with Crippen LogP contribution in [0.25, 0.3) is 21.3 Å². The van der Waals surface area contributed by atoms with Gasteiger partial charge in [0.25, 0.3) is 5.91 Å². The maximum absolute atomic E-state index is 13.3. The number of rotatable bonds is 8. The van der Waals surface area contributed by atoms with Gasteiger partial charge in [0.1, 0.15) is 0 Å². The van der Waals surface area contributed by atoms with E-state index in [0.29, 0.717) is 33.7 Å². The Morgan fingerprint density at radius 3 is 2.70 bits per heavy atom. The van der Waals surface area contributed by atoms with Gasteiger partial charge in [-0.25, -0.2) is 9.97 Å². The number of ketones is 1. The third kappa shape index (κ3) is 5.62. The molecule has 2 aromatic carbocycles. The summed E-state index contributed by atoms with van der Waals surface area (Å²) in [5.74, 6) is 0.510. The van der Waals surface area contributed by atoms with E-state index in [1.165, 1.54) is 11.3 Å². The SMILES string of the molecule is CN(C)CC(=O)C(NC(=O)c1ccc2c(c1)nc(Nc1nc3ccc(Cl)cc3s1)n2C)C1CCNCC1. The molecular formula is C26H30ClN7O2S. The zero-order valence-corrected chi connectivity index (χ0v) is 22.6. The predicted octanol–water partition coefficient (Wildman–Crippen LogP) is 3.81. The number of nitrogens with one attached hydrogen (secondary N) is 3. The number of nitrogens with zero attached hydrogens (tertiary/aromatic N) is 4. The number of Topliss-reactive ketones (excluding diaryl/α,β-unsaturated/α-hetero) is 1. The van der Waals surface area contributed by atoms with Crippen LogP contribution in [0.1, 0.15) is 23.2 Å². The summed E-state index contributed by atoms with van der Waals surface area (Å²) in [7, 11) is 5.64. The maximum atomic E-state index is 13.3. The van der Waals surface area contributed by atoms with Crippen molar-refractivity contribution in [3.63, 3.8) is 0 Å². The quantitative estimate of drug-likeness (QED) is 0.313. The average molecular weight is 540 g/mol. The highest BCUT2D eigenvalue weighted by atomic mass is 35.5. The van der Waals surface area contributed by atoms with Crippen LogP contribution < -0.4 is 16.0 Å². The Hall–Kier alpha value is -3.05. The van der Waals surface area contributed by atoms with E-state index in [2.05, 4.69) is 20.9 Å². The number of carbonyl (C=O) groups excluding carboxylic acids is 2. The lowest BCUT2D eigenvalue weighted by atomic mass is 9.87. The van der Waals surface area contributed by atoms with E-state index < -0.39 is 6.04 Å². The molecule has 11 heteroatoms. The van der Waals surface area contributed by atoms with E-state index in [1.54, 1.807) is 12.1 Å². The number of fused-ring (bicyclic) bond motifs is 2. The molecule has 0 radical (unpaired) electrons. The lowest BCUT2D eigenvalue weighted by Gasteiger charge is -2.31. The highest BCUT2D eigenvalue weighted by Gasteiger charge is 2.31. The molecule has 3 heterocycles. The van der Waals surface area contributed by atoms with Gasteiger partial charge in [0, 0.05) is 17.6 Å². The van der Waals surface area contributed by atoms with Crippen LogP contribution in [0.3, 0.4) is 0 Å². The Labute approximate surface area is 224 Å². The maximum Gasteiger partial charge on any atom is 0.251 e. The average Bonchev–Trinajstić information content (AvgIpc) is 3.41. The van der Waals surface area contributed by atoms with Gasteiger partial charge in [-0.05, 0) is 82.3 Å². The number of hydrogen-bond donors (Lipinski definition) is 3. The Balaban J connectivity index is 1.37. The number of aryl methyl sites for hydroxylation is 1. The molecule has 1 unspecified atom stereocenters. The second kappa shape index (κ2) is 10.7. The van der Waals surface area contributed by atoms with Crippen molar-refractivity contribution in [2.75, 3.05) is 39.0 Å². The number of hydrogen-bond acceptors (Lipinski definition) is 8. The Morgan fingerprint density at radius 1 is 1.16 bits per heavy atom. The molecule has 37 heavy (non-hydrogen) atoms. The van der Waals surface area contributed by atoms with Gasteiger partial charge in [0.15, 0.2) is 10.9 Å². The Morgan fingerprint density at radius 2 is 1.95 bits per heavy atom. The Bertz CT molecular complexity index is 1460. The fraction of sp³-hybridized carbons (Fsp3) is 0.385.